The zero-order valence-corrected chi connectivity index (χ0v) is 18.0. The zero-order valence-electron chi connectivity index (χ0n) is 18.0. The number of hydrogen-bond donors (Lipinski definition) is 2. The molecule has 0 spiro atoms. The highest BCUT2D eigenvalue weighted by atomic mass is 19.3. The highest BCUT2D eigenvalue weighted by Crippen LogP contribution is 2.43. The molecule has 1 aliphatic carbocycles. The van der Waals surface area contributed by atoms with Gasteiger partial charge in [0, 0.05) is 31.8 Å². The second-order valence-electron chi connectivity index (χ2n) is 8.84. The summed E-state index contributed by atoms with van der Waals surface area (Å²) in [4.78, 5) is 32.5. The molecule has 3 N–H and O–H groups in total. The lowest BCUT2D eigenvalue weighted by Gasteiger charge is -2.46. The van der Waals surface area contributed by atoms with Crippen molar-refractivity contribution in [3.05, 3.63) is 58.3 Å². The molecular formula is C23H28F2N4O3. The quantitative estimate of drug-likeness (QED) is 0.711. The molecule has 172 valence electrons. The SMILES string of the molecule is CC(C(N)=O)(c1ccc(OC2CCCC2)cn1)N1CCC(F)(F)[C@@H](c2ccc(=O)[nH]c2)C1. The van der Waals surface area contributed by atoms with Gasteiger partial charge in [0.05, 0.1) is 23.9 Å². The van der Waals surface area contributed by atoms with E-state index in [0.29, 0.717) is 17.0 Å². The van der Waals surface area contributed by atoms with Crippen molar-refractivity contribution in [3.8, 4) is 5.75 Å². The van der Waals surface area contributed by atoms with E-state index in [1.54, 1.807) is 30.2 Å². The number of ether oxygens (including phenoxy) is 1. The third kappa shape index (κ3) is 4.26. The predicted octanol–water partition coefficient (Wildman–Crippen LogP) is 2.92. The lowest BCUT2D eigenvalue weighted by atomic mass is 9.83. The molecule has 9 heteroatoms. The second kappa shape index (κ2) is 8.61. The van der Waals surface area contributed by atoms with Crippen molar-refractivity contribution in [1.29, 1.82) is 0 Å². The van der Waals surface area contributed by atoms with Gasteiger partial charge in [-0.1, -0.05) is 6.07 Å². The normalized spacial score (nSPS) is 23.5. The second-order valence-corrected chi connectivity index (χ2v) is 8.84. The third-order valence-corrected chi connectivity index (χ3v) is 6.79. The Kier molecular flexibility index (Phi) is 6.03. The van der Waals surface area contributed by atoms with Gasteiger partial charge in [-0.3, -0.25) is 19.5 Å². The Hall–Kier alpha value is -2.81. The number of hydrogen-bond acceptors (Lipinski definition) is 5. The van der Waals surface area contributed by atoms with E-state index >= 15 is 0 Å². The number of likely N-dealkylation sites (tertiary alicyclic amines) is 1. The third-order valence-electron chi connectivity index (χ3n) is 6.79. The van der Waals surface area contributed by atoms with E-state index in [0.717, 1.165) is 25.7 Å². The molecule has 2 atom stereocenters. The fourth-order valence-corrected chi connectivity index (χ4v) is 4.68. The molecule has 2 aliphatic rings. The summed E-state index contributed by atoms with van der Waals surface area (Å²) in [6.07, 6.45) is 6.91. The predicted molar refractivity (Wildman–Crippen MR) is 115 cm³/mol. The minimum absolute atomic E-state index is 0.0195. The fourth-order valence-electron chi connectivity index (χ4n) is 4.68. The standard InChI is InChI=1S/C23H28F2N4O3/c1-22(21(26)31,19-8-7-17(13-27-19)32-16-4-2-3-5-16)29-11-10-23(24,25)18(14-29)15-6-9-20(30)28-12-15/h6-9,12-13,16,18H,2-5,10-11,14H2,1H3,(H2,26,31)(H,28,30)/t18-,22?/m1/s1. The Morgan fingerprint density at radius 3 is 2.62 bits per heavy atom. The van der Waals surface area contributed by atoms with Crippen LogP contribution < -0.4 is 16.0 Å². The molecule has 4 rings (SSSR count). The minimum atomic E-state index is -2.99. The Morgan fingerprint density at radius 1 is 1.28 bits per heavy atom. The summed E-state index contributed by atoms with van der Waals surface area (Å²) < 4.78 is 35.5. The van der Waals surface area contributed by atoms with Gasteiger partial charge in [-0.15, -0.1) is 0 Å². The molecule has 1 aliphatic heterocycles. The number of pyridine rings is 2. The average molecular weight is 446 g/mol. The number of alkyl halides is 2. The van der Waals surface area contributed by atoms with Crippen LogP contribution >= 0.6 is 0 Å². The van der Waals surface area contributed by atoms with Gasteiger partial charge in [0.15, 0.2) is 0 Å². The van der Waals surface area contributed by atoms with Crippen LogP contribution in [0.5, 0.6) is 5.75 Å². The molecule has 3 heterocycles. The summed E-state index contributed by atoms with van der Waals surface area (Å²) in [6.45, 7) is 1.48. The van der Waals surface area contributed by atoms with E-state index in [4.69, 9.17) is 10.5 Å². The number of nitrogens with two attached hydrogens (primary N) is 1. The largest absolute Gasteiger partial charge is 0.489 e. The lowest BCUT2D eigenvalue weighted by molar-refractivity contribution is -0.139. The molecule has 2 aromatic rings. The highest BCUT2D eigenvalue weighted by molar-refractivity contribution is 5.85. The number of amides is 1. The van der Waals surface area contributed by atoms with E-state index in [1.165, 1.54) is 18.3 Å². The van der Waals surface area contributed by atoms with Crippen LogP contribution in [0.25, 0.3) is 0 Å². The fraction of sp³-hybridized carbons (Fsp3) is 0.522. The van der Waals surface area contributed by atoms with Gasteiger partial charge in [-0.2, -0.15) is 0 Å². The van der Waals surface area contributed by atoms with Gasteiger partial charge >= 0.3 is 0 Å². The number of carbonyl (C=O) groups excluding carboxylic acids is 1. The maximum atomic E-state index is 14.8. The van der Waals surface area contributed by atoms with Crippen LogP contribution in [0.4, 0.5) is 8.78 Å². The van der Waals surface area contributed by atoms with Crippen LogP contribution in [0.2, 0.25) is 0 Å². The van der Waals surface area contributed by atoms with Crippen LogP contribution in [0.15, 0.2) is 41.5 Å². The molecule has 2 aromatic heterocycles. The molecule has 1 saturated carbocycles. The number of nitrogens with one attached hydrogen (secondary N) is 1. The molecule has 0 radical (unpaired) electrons. The first-order chi connectivity index (χ1) is 15.2. The van der Waals surface area contributed by atoms with Crippen LogP contribution in [0.3, 0.4) is 0 Å². The van der Waals surface area contributed by atoms with Crippen LogP contribution in [-0.4, -0.2) is 45.9 Å². The summed E-state index contributed by atoms with van der Waals surface area (Å²) >= 11 is 0. The first-order valence-electron chi connectivity index (χ1n) is 10.9. The van der Waals surface area contributed by atoms with Crippen molar-refractivity contribution in [2.24, 2.45) is 5.73 Å². The lowest BCUT2D eigenvalue weighted by Crippen LogP contribution is -2.59. The summed E-state index contributed by atoms with van der Waals surface area (Å²) in [6, 6.07) is 6.05. The van der Waals surface area contributed by atoms with E-state index in [-0.39, 0.29) is 24.8 Å². The maximum Gasteiger partial charge on any atom is 0.257 e. The molecule has 1 unspecified atom stereocenters. The zero-order chi connectivity index (χ0) is 22.9. The van der Waals surface area contributed by atoms with Gasteiger partial charge < -0.3 is 15.5 Å². The molecule has 0 aromatic carbocycles. The molecule has 1 saturated heterocycles. The summed E-state index contributed by atoms with van der Waals surface area (Å²) in [5.41, 5.74) is 4.74. The number of H-pyrrole nitrogens is 1. The average Bonchev–Trinajstić information content (AvgIpc) is 3.27. The molecule has 2 fully saturated rings. The van der Waals surface area contributed by atoms with Crippen LogP contribution in [0.1, 0.15) is 56.2 Å². The summed E-state index contributed by atoms with van der Waals surface area (Å²) in [7, 11) is 0. The first-order valence-corrected chi connectivity index (χ1v) is 10.9. The minimum Gasteiger partial charge on any atom is -0.489 e. The Bertz CT molecular complexity index is 1000. The molecule has 32 heavy (non-hydrogen) atoms. The van der Waals surface area contributed by atoms with E-state index < -0.39 is 29.7 Å². The number of carbonyl (C=O) groups is 1. The monoisotopic (exact) mass is 446 g/mol. The summed E-state index contributed by atoms with van der Waals surface area (Å²) in [5, 5.41) is 0. The van der Waals surface area contributed by atoms with Gasteiger partial charge in [0.25, 0.3) is 5.92 Å². The highest BCUT2D eigenvalue weighted by Gasteiger charge is 2.51. The van der Waals surface area contributed by atoms with E-state index in [1.807, 2.05) is 0 Å². The van der Waals surface area contributed by atoms with Crippen LogP contribution in [-0.2, 0) is 10.3 Å². The Morgan fingerprint density at radius 2 is 2.03 bits per heavy atom. The topological polar surface area (TPSA) is 101 Å². The molecule has 1 amide bonds. The van der Waals surface area contributed by atoms with E-state index in [9.17, 15) is 18.4 Å². The Balaban J connectivity index is 1.60. The first kappa shape index (κ1) is 22.4. The van der Waals surface area contributed by atoms with Crippen molar-refractivity contribution >= 4 is 5.91 Å². The van der Waals surface area contributed by atoms with Crippen molar-refractivity contribution < 1.29 is 18.3 Å². The van der Waals surface area contributed by atoms with E-state index in [2.05, 4.69) is 9.97 Å². The van der Waals surface area contributed by atoms with Crippen molar-refractivity contribution in [2.75, 3.05) is 13.1 Å². The van der Waals surface area contributed by atoms with Gasteiger partial charge in [-0.05, 0) is 50.3 Å². The number of halogens is 2. The Labute approximate surface area is 185 Å². The number of primary amides is 1. The van der Waals surface area contributed by atoms with Crippen molar-refractivity contribution in [2.45, 2.75) is 62.5 Å². The molecule has 0 bridgehead atoms. The summed E-state index contributed by atoms with van der Waals surface area (Å²) in [5.74, 6) is -4.24. The van der Waals surface area contributed by atoms with Crippen LogP contribution in [0, 0.1) is 0 Å². The van der Waals surface area contributed by atoms with Gasteiger partial charge in [0.2, 0.25) is 11.5 Å². The van der Waals surface area contributed by atoms with Gasteiger partial charge in [0.1, 0.15) is 11.3 Å². The smallest absolute Gasteiger partial charge is 0.257 e. The number of rotatable bonds is 6. The number of aromatic nitrogens is 2. The molecule has 7 nitrogen and oxygen atoms in total. The van der Waals surface area contributed by atoms with Gasteiger partial charge in [-0.25, -0.2) is 8.78 Å². The van der Waals surface area contributed by atoms with Crippen molar-refractivity contribution in [1.82, 2.24) is 14.9 Å². The number of aromatic amines is 1. The van der Waals surface area contributed by atoms with Crippen molar-refractivity contribution in [3.63, 3.8) is 0 Å². The number of piperidine rings is 1. The number of nitrogens with zero attached hydrogens (tertiary/aromatic N) is 2. The maximum absolute atomic E-state index is 14.8. The molecular weight excluding hydrogens is 418 g/mol.